The molecule has 4 N–H and O–H groups in total. The smallest absolute Gasteiger partial charge is 0.283 e. The van der Waals surface area contributed by atoms with Crippen LogP contribution in [0.5, 0.6) is 0 Å². The molecule has 0 saturated carbocycles. The highest BCUT2D eigenvalue weighted by molar-refractivity contribution is 6.58. The maximum atomic E-state index is 5.60. The van der Waals surface area contributed by atoms with Gasteiger partial charge < -0.3 is 19.7 Å². The minimum absolute atomic E-state index is 0.654. The summed E-state index contributed by atoms with van der Waals surface area (Å²) in [4.78, 5) is 0. The van der Waals surface area contributed by atoms with E-state index in [0.29, 0.717) is 0 Å². The Morgan fingerprint density at radius 2 is 1.82 bits per heavy atom. The standard InChI is InChI=1S/C4H18N2O2Si3/c5-1-3-11(4-2-6)8-10-7-9/h11H,1-6,10H2,9H3. The van der Waals surface area contributed by atoms with Crippen molar-refractivity contribution < 1.29 is 8.23 Å². The zero-order valence-electron chi connectivity index (χ0n) is 7.08. The second-order valence-electron chi connectivity index (χ2n) is 2.35. The highest BCUT2D eigenvalue weighted by atomic mass is 28.4. The van der Waals surface area contributed by atoms with Crippen LogP contribution >= 0.6 is 0 Å². The van der Waals surface area contributed by atoms with Crippen LogP contribution in [0.4, 0.5) is 0 Å². The third-order valence-corrected chi connectivity index (χ3v) is 6.73. The van der Waals surface area contributed by atoms with Crippen molar-refractivity contribution in [3.05, 3.63) is 0 Å². The maximum Gasteiger partial charge on any atom is 0.283 e. The fourth-order valence-corrected chi connectivity index (χ4v) is 5.75. The van der Waals surface area contributed by atoms with Crippen molar-refractivity contribution in [2.75, 3.05) is 13.1 Å². The van der Waals surface area contributed by atoms with Crippen molar-refractivity contribution in [2.45, 2.75) is 12.1 Å². The van der Waals surface area contributed by atoms with Crippen molar-refractivity contribution in [2.24, 2.45) is 11.5 Å². The molecule has 0 spiro atoms. The van der Waals surface area contributed by atoms with Gasteiger partial charge in [0, 0.05) is 0 Å². The molecule has 0 aliphatic heterocycles. The van der Waals surface area contributed by atoms with Crippen LogP contribution in [-0.2, 0) is 8.23 Å². The second-order valence-corrected chi connectivity index (χ2v) is 8.63. The summed E-state index contributed by atoms with van der Waals surface area (Å²) in [5, 5.41) is 0. The summed E-state index contributed by atoms with van der Waals surface area (Å²) in [7, 11) is -0.897. The van der Waals surface area contributed by atoms with E-state index in [1.54, 1.807) is 0 Å². The van der Waals surface area contributed by atoms with Crippen LogP contribution in [0.1, 0.15) is 0 Å². The second kappa shape index (κ2) is 8.59. The Bertz CT molecular complexity index is 81.7. The first-order valence-electron chi connectivity index (χ1n) is 3.85. The molecule has 0 heterocycles. The van der Waals surface area contributed by atoms with Gasteiger partial charge in [0.1, 0.15) is 10.5 Å². The quantitative estimate of drug-likeness (QED) is 0.438. The lowest BCUT2D eigenvalue weighted by Crippen LogP contribution is -2.27. The van der Waals surface area contributed by atoms with Crippen LogP contribution in [-0.4, -0.2) is 42.6 Å². The van der Waals surface area contributed by atoms with Gasteiger partial charge in [0.25, 0.3) is 10.0 Å². The summed E-state index contributed by atoms with van der Waals surface area (Å²) in [6.45, 7) is 1.46. The third-order valence-electron chi connectivity index (χ3n) is 1.40. The highest BCUT2D eigenvalue weighted by Gasteiger charge is 2.08. The van der Waals surface area contributed by atoms with Crippen LogP contribution in [0.2, 0.25) is 12.1 Å². The van der Waals surface area contributed by atoms with E-state index in [2.05, 4.69) is 0 Å². The molecule has 0 fully saturated rings. The average Bonchev–Trinajstić information content (AvgIpc) is 2.01. The van der Waals surface area contributed by atoms with E-state index in [0.717, 1.165) is 35.7 Å². The summed E-state index contributed by atoms with van der Waals surface area (Å²) < 4.78 is 10.7. The van der Waals surface area contributed by atoms with E-state index in [4.69, 9.17) is 19.7 Å². The van der Waals surface area contributed by atoms with Crippen LogP contribution in [0.25, 0.3) is 0 Å². The van der Waals surface area contributed by atoms with Gasteiger partial charge in [-0.1, -0.05) is 0 Å². The molecule has 0 unspecified atom stereocenters. The SMILES string of the molecule is NCC[SiH](CCN)O[SiH2]O[SiH3]. The Morgan fingerprint density at radius 3 is 2.18 bits per heavy atom. The Balaban J connectivity index is 3.34. The van der Waals surface area contributed by atoms with E-state index < -0.39 is 19.0 Å². The van der Waals surface area contributed by atoms with Gasteiger partial charge in [-0.15, -0.1) is 0 Å². The minimum atomic E-state index is -1.04. The molecule has 0 atom stereocenters. The molecule has 0 aliphatic rings. The van der Waals surface area contributed by atoms with Gasteiger partial charge in [-0.25, -0.2) is 0 Å². The molecule has 11 heavy (non-hydrogen) atoms. The van der Waals surface area contributed by atoms with E-state index in [-0.39, 0.29) is 0 Å². The van der Waals surface area contributed by atoms with Gasteiger partial charge in [-0.3, -0.25) is 0 Å². The van der Waals surface area contributed by atoms with Gasteiger partial charge in [0.05, 0.1) is 0 Å². The monoisotopic (exact) mass is 210 g/mol. The lowest BCUT2D eigenvalue weighted by atomic mass is 10.8. The number of nitrogens with two attached hydrogens (primary N) is 2. The van der Waals surface area contributed by atoms with Crippen LogP contribution in [0.3, 0.4) is 0 Å². The van der Waals surface area contributed by atoms with E-state index in [1.807, 2.05) is 0 Å². The molecule has 0 amide bonds. The number of hydrogen-bond donors (Lipinski definition) is 2. The van der Waals surface area contributed by atoms with Crippen molar-refractivity contribution in [1.29, 1.82) is 0 Å². The summed E-state index contributed by atoms with van der Waals surface area (Å²) >= 11 is 0. The fraction of sp³-hybridized carbons (Fsp3) is 1.00. The normalized spacial score (nSPS) is 12.3. The number of hydrogen-bond acceptors (Lipinski definition) is 4. The minimum Gasteiger partial charge on any atom is -0.449 e. The molecule has 0 saturated heterocycles. The largest absolute Gasteiger partial charge is 0.449 e. The maximum absolute atomic E-state index is 5.60. The molecule has 0 aromatic carbocycles. The molecule has 4 nitrogen and oxygen atoms in total. The van der Waals surface area contributed by atoms with Gasteiger partial charge in [-0.05, 0) is 25.2 Å². The molecular weight excluding hydrogens is 192 g/mol. The summed E-state index contributed by atoms with van der Waals surface area (Å²) in [5.41, 5.74) is 10.9. The van der Waals surface area contributed by atoms with Gasteiger partial charge in [0.2, 0.25) is 0 Å². The topological polar surface area (TPSA) is 70.5 Å². The van der Waals surface area contributed by atoms with Crippen LogP contribution < -0.4 is 11.5 Å². The Labute approximate surface area is 75.0 Å². The predicted molar refractivity (Wildman–Crippen MR) is 55.5 cm³/mol. The van der Waals surface area contributed by atoms with Crippen molar-refractivity contribution in [1.82, 2.24) is 0 Å². The number of rotatable bonds is 7. The molecule has 0 rings (SSSR count). The molecule has 68 valence electrons. The van der Waals surface area contributed by atoms with Gasteiger partial charge in [0.15, 0.2) is 9.04 Å². The Hall–Kier alpha value is 0.491. The van der Waals surface area contributed by atoms with Crippen molar-refractivity contribution >= 4 is 29.5 Å². The van der Waals surface area contributed by atoms with E-state index in [9.17, 15) is 0 Å². The highest BCUT2D eigenvalue weighted by Crippen LogP contribution is 1.97. The third kappa shape index (κ3) is 6.87. The lowest BCUT2D eigenvalue weighted by Gasteiger charge is -2.13. The van der Waals surface area contributed by atoms with E-state index >= 15 is 0 Å². The first kappa shape index (κ1) is 11.5. The molecule has 0 bridgehead atoms. The summed E-state index contributed by atoms with van der Waals surface area (Å²) in [6, 6.07) is 2.07. The molecule has 0 aromatic rings. The lowest BCUT2D eigenvalue weighted by molar-refractivity contribution is 0.486. The van der Waals surface area contributed by atoms with Crippen LogP contribution in [0.15, 0.2) is 0 Å². The fourth-order valence-electron chi connectivity index (χ4n) is 0.847. The molecule has 0 aliphatic carbocycles. The Morgan fingerprint density at radius 1 is 1.27 bits per heavy atom. The van der Waals surface area contributed by atoms with Crippen molar-refractivity contribution in [3.63, 3.8) is 0 Å². The van der Waals surface area contributed by atoms with Gasteiger partial charge in [-0.2, -0.15) is 0 Å². The molecule has 0 radical (unpaired) electrons. The zero-order chi connectivity index (χ0) is 8.53. The zero-order valence-corrected chi connectivity index (χ0v) is 11.7. The van der Waals surface area contributed by atoms with Crippen molar-refractivity contribution in [3.8, 4) is 0 Å². The predicted octanol–water partition coefficient (Wildman–Crippen LogP) is -3.06. The van der Waals surface area contributed by atoms with Gasteiger partial charge >= 0.3 is 0 Å². The summed E-state index contributed by atoms with van der Waals surface area (Å²) in [6.07, 6.45) is 0. The van der Waals surface area contributed by atoms with E-state index in [1.165, 1.54) is 0 Å². The molecule has 7 heteroatoms. The molecular formula is C4H18N2O2Si3. The first-order chi connectivity index (χ1) is 5.35. The summed E-state index contributed by atoms with van der Waals surface area (Å²) in [5.74, 6) is 0. The Kier molecular flexibility index (Phi) is 8.97. The van der Waals surface area contributed by atoms with Crippen LogP contribution in [0, 0.1) is 0 Å². The average molecular weight is 210 g/mol. The molecule has 0 aromatic heterocycles. The first-order valence-corrected chi connectivity index (χ1v) is 7.93.